The highest BCUT2D eigenvalue weighted by molar-refractivity contribution is 6.74. The van der Waals surface area contributed by atoms with Gasteiger partial charge in [-0.2, -0.15) is 0 Å². The van der Waals surface area contributed by atoms with Gasteiger partial charge in [0.25, 0.3) is 0 Å². The number of hydrogen-bond acceptors (Lipinski definition) is 5. The molecule has 25 heavy (non-hydrogen) atoms. The van der Waals surface area contributed by atoms with E-state index in [0.717, 1.165) is 0 Å². The van der Waals surface area contributed by atoms with Crippen molar-refractivity contribution in [3.8, 4) is 0 Å². The molecule has 0 aromatic heterocycles. The smallest absolute Gasteiger partial charge is 0.410 e. The first-order valence-electron chi connectivity index (χ1n) is 8.81. The van der Waals surface area contributed by atoms with Gasteiger partial charge in [-0.25, -0.2) is 4.79 Å². The van der Waals surface area contributed by atoms with Gasteiger partial charge in [-0.3, -0.25) is 0 Å². The SMILES string of the molecule is CC(C)(C)OC(=O)N1CC(C(O)CO)=CC(O[Si](C)(C)C(C)(C)C)C1. The van der Waals surface area contributed by atoms with Crippen LogP contribution in [0.2, 0.25) is 18.1 Å². The van der Waals surface area contributed by atoms with Crippen molar-refractivity contribution in [2.45, 2.75) is 77.5 Å². The van der Waals surface area contributed by atoms with Gasteiger partial charge < -0.3 is 24.3 Å². The summed E-state index contributed by atoms with van der Waals surface area (Å²) in [4.78, 5) is 14.0. The van der Waals surface area contributed by atoms with Crippen molar-refractivity contribution in [2.75, 3.05) is 19.7 Å². The van der Waals surface area contributed by atoms with E-state index >= 15 is 0 Å². The molecule has 0 aromatic rings. The summed E-state index contributed by atoms with van der Waals surface area (Å²) in [6, 6.07) is 0. The molecule has 0 bridgehead atoms. The van der Waals surface area contributed by atoms with Crippen LogP contribution in [0.3, 0.4) is 0 Å². The van der Waals surface area contributed by atoms with Crippen LogP contribution in [0.5, 0.6) is 0 Å². The molecule has 7 heteroatoms. The van der Waals surface area contributed by atoms with E-state index in [2.05, 4.69) is 33.9 Å². The molecule has 0 saturated carbocycles. The molecular formula is C18H35NO5Si. The minimum atomic E-state index is -2.05. The number of rotatable bonds is 4. The van der Waals surface area contributed by atoms with Crippen molar-refractivity contribution < 1.29 is 24.2 Å². The summed E-state index contributed by atoms with van der Waals surface area (Å²) >= 11 is 0. The van der Waals surface area contributed by atoms with Crippen molar-refractivity contribution in [2.24, 2.45) is 0 Å². The van der Waals surface area contributed by atoms with Crippen LogP contribution < -0.4 is 0 Å². The first-order chi connectivity index (χ1) is 11.2. The maximum absolute atomic E-state index is 12.5. The van der Waals surface area contributed by atoms with Gasteiger partial charge in [-0.1, -0.05) is 26.8 Å². The predicted molar refractivity (Wildman–Crippen MR) is 101 cm³/mol. The third kappa shape index (κ3) is 6.40. The largest absolute Gasteiger partial charge is 0.444 e. The average molecular weight is 374 g/mol. The maximum Gasteiger partial charge on any atom is 0.410 e. The van der Waals surface area contributed by atoms with Gasteiger partial charge in [0.2, 0.25) is 0 Å². The molecule has 2 atom stereocenters. The van der Waals surface area contributed by atoms with E-state index in [4.69, 9.17) is 9.16 Å². The van der Waals surface area contributed by atoms with Crippen LogP contribution in [0.25, 0.3) is 0 Å². The number of carbonyl (C=O) groups is 1. The monoisotopic (exact) mass is 373 g/mol. The van der Waals surface area contributed by atoms with Crippen LogP contribution in [-0.4, -0.2) is 67.0 Å². The highest BCUT2D eigenvalue weighted by Crippen LogP contribution is 2.38. The lowest BCUT2D eigenvalue weighted by Crippen LogP contribution is -2.51. The van der Waals surface area contributed by atoms with Crippen molar-refractivity contribution in [1.82, 2.24) is 4.90 Å². The Morgan fingerprint density at radius 3 is 2.32 bits per heavy atom. The second-order valence-electron chi connectivity index (χ2n) is 9.22. The summed E-state index contributed by atoms with van der Waals surface area (Å²) < 4.78 is 11.9. The molecule has 2 unspecified atom stereocenters. The first-order valence-corrected chi connectivity index (χ1v) is 11.7. The number of aliphatic hydroxyl groups excluding tert-OH is 2. The first kappa shape index (κ1) is 22.1. The molecule has 1 aliphatic rings. The van der Waals surface area contributed by atoms with Gasteiger partial charge in [-0.15, -0.1) is 0 Å². The standard InChI is InChI=1S/C18H35NO5Si/c1-17(2,3)23-16(22)19-10-13(15(21)12-20)9-14(11-19)24-25(7,8)18(4,5)6/h9,14-15,20-21H,10-12H2,1-8H3. The Morgan fingerprint density at radius 2 is 1.88 bits per heavy atom. The Hall–Kier alpha value is -0.893. The molecule has 0 radical (unpaired) electrons. The molecule has 0 saturated heterocycles. The number of ether oxygens (including phenoxy) is 1. The van der Waals surface area contributed by atoms with E-state index in [1.807, 2.05) is 26.8 Å². The Kier molecular flexibility index (Phi) is 6.89. The zero-order chi connectivity index (χ0) is 19.6. The topological polar surface area (TPSA) is 79.2 Å². The lowest BCUT2D eigenvalue weighted by molar-refractivity contribution is 0.0158. The van der Waals surface area contributed by atoms with Crippen LogP contribution in [0.4, 0.5) is 4.79 Å². The van der Waals surface area contributed by atoms with Gasteiger partial charge in [-0.05, 0) is 44.5 Å². The fraction of sp³-hybridized carbons (Fsp3) is 0.833. The predicted octanol–water partition coefficient (Wildman–Crippen LogP) is 2.91. The summed E-state index contributed by atoms with van der Waals surface area (Å²) in [5.41, 5.74) is -0.00706. The van der Waals surface area contributed by atoms with Gasteiger partial charge in [0.05, 0.1) is 25.4 Å². The fourth-order valence-electron chi connectivity index (χ4n) is 2.27. The van der Waals surface area contributed by atoms with Gasteiger partial charge in [0, 0.05) is 6.54 Å². The highest BCUT2D eigenvalue weighted by atomic mass is 28.4. The molecule has 146 valence electrons. The number of amides is 1. The molecule has 0 fully saturated rings. The summed E-state index contributed by atoms with van der Waals surface area (Å²) in [6.07, 6.45) is 0.0867. The lowest BCUT2D eigenvalue weighted by atomic mass is 10.0. The van der Waals surface area contributed by atoms with Gasteiger partial charge in [0.15, 0.2) is 8.32 Å². The highest BCUT2D eigenvalue weighted by Gasteiger charge is 2.40. The molecule has 0 aromatic carbocycles. The maximum atomic E-state index is 12.5. The third-order valence-corrected chi connectivity index (χ3v) is 9.18. The van der Waals surface area contributed by atoms with Crippen molar-refractivity contribution in [3.63, 3.8) is 0 Å². The van der Waals surface area contributed by atoms with E-state index in [9.17, 15) is 15.0 Å². The number of carbonyl (C=O) groups excluding carboxylic acids is 1. The molecule has 0 aliphatic carbocycles. The molecule has 0 spiro atoms. The average Bonchev–Trinajstić information content (AvgIpc) is 2.42. The van der Waals surface area contributed by atoms with Crippen molar-refractivity contribution in [1.29, 1.82) is 0 Å². The third-order valence-electron chi connectivity index (χ3n) is 4.68. The van der Waals surface area contributed by atoms with Crippen LogP contribution in [0.15, 0.2) is 11.6 Å². The minimum absolute atomic E-state index is 0.0325. The lowest BCUT2D eigenvalue weighted by Gasteiger charge is -2.42. The number of nitrogens with zero attached hydrogens (tertiary/aromatic N) is 1. The summed E-state index contributed by atoms with van der Waals surface area (Å²) in [6.45, 7) is 16.4. The quantitative estimate of drug-likeness (QED) is 0.585. The molecular weight excluding hydrogens is 338 g/mol. The molecule has 1 aliphatic heterocycles. The minimum Gasteiger partial charge on any atom is -0.444 e. The zero-order valence-corrected chi connectivity index (χ0v) is 17.9. The second-order valence-corrected chi connectivity index (χ2v) is 14.0. The van der Waals surface area contributed by atoms with E-state index in [1.165, 1.54) is 4.90 Å². The molecule has 1 heterocycles. The number of aliphatic hydroxyl groups is 2. The Balaban J connectivity index is 3.02. The Labute approximate surface area is 152 Å². The van der Waals surface area contributed by atoms with Crippen LogP contribution in [-0.2, 0) is 9.16 Å². The second kappa shape index (κ2) is 7.78. The van der Waals surface area contributed by atoms with Gasteiger partial charge >= 0.3 is 6.09 Å². The van der Waals surface area contributed by atoms with E-state index in [0.29, 0.717) is 12.1 Å². The zero-order valence-electron chi connectivity index (χ0n) is 16.9. The van der Waals surface area contributed by atoms with E-state index < -0.39 is 26.1 Å². The number of hydrogen-bond donors (Lipinski definition) is 2. The van der Waals surface area contributed by atoms with Crippen molar-refractivity contribution >= 4 is 14.4 Å². The Bertz CT molecular complexity index is 505. The molecule has 1 rings (SSSR count). The summed E-state index contributed by atoms with van der Waals surface area (Å²) in [7, 11) is -2.05. The van der Waals surface area contributed by atoms with E-state index in [1.54, 1.807) is 0 Å². The fourth-order valence-corrected chi connectivity index (χ4v) is 3.53. The summed E-state index contributed by atoms with van der Waals surface area (Å²) in [5, 5.41) is 19.4. The van der Waals surface area contributed by atoms with Crippen molar-refractivity contribution in [3.05, 3.63) is 11.6 Å². The van der Waals surface area contributed by atoms with Crippen LogP contribution in [0.1, 0.15) is 41.5 Å². The molecule has 6 nitrogen and oxygen atoms in total. The van der Waals surface area contributed by atoms with Gasteiger partial charge in [0.1, 0.15) is 5.60 Å². The molecule has 2 N–H and O–H groups in total. The molecule has 1 amide bonds. The summed E-state index contributed by atoms with van der Waals surface area (Å²) in [5.74, 6) is 0. The normalized spacial score (nSPS) is 21.0. The Morgan fingerprint density at radius 1 is 1.32 bits per heavy atom. The van der Waals surface area contributed by atoms with E-state index in [-0.39, 0.29) is 24.3 Å². The van der Waals surface area contributed by atoms with Crippen LogP contribution in [0, 0.1) is 0 Å². The van der Waals surface area contributed by atoms with Crippen LogP contribution >= 0.6 is 0 Å².